The molecular formula is C26H20N4O2. The van der Waals surface area contributed by atoms with Crippen molar-refractivity contribution < 1.29 is 9.21 Å². The number of hydrogen-bond acceptors (Lipinski definition) is 4. The van der Waals surface area contributed by atoms with Crippen molar-refractivity contribution in [1.29, 1.82) is 0 Å². The molecule has 0 aliphatic carbocycles. The second-order valence-corrected chi connectivity index (χ2v) is 7.38. The molecule has 6 nitrogen and oxygen atoms in total. The molecule has 0 aliphatic heterocycles. The number of carbonyl (C=O) groups is 1. The number of para-hydroxylation sites is 1. The number of carbonyl (C=O) groups excluding carboxylic acids is 1. The maximum Gasteiger partial charge on any atom is 0.271 e. The van der Waals surface area contributed by atoms with Crippen LogP contribution in [0.2, 0.25) is 0 Å². The van der Waals surface area contributed by atoms with Crippen LogP contribution in [-0.2, 0) is 0 Å². The molecule has 0 saturated heterocycles. The van der Waals surface area contributed by atoms with E-state index in [1.54, 1.807) is 17.0 Å². The van der Waals surface area contributed by atoms with Gasteiger partial charge in [0.1, 0.15) is 11.5 Å². The Morgan fingerprint density at radius 1 is 0.969 bits per heavy atom. The molecule has 0 saturated carbocycles. The van der Waals surface area contributed by atoms with E-state index in [1.165, 1.54) is 0 Å². The molecule has 1 N–H and O–H groups in total. The first-order valence-electron chi connectivity index (χ1n) is 10.2. The Morgan fingerprint density at radius 3 is 2.53 bits per heavy atom. The maximum atomic E-state index is 12.6. The zero-order valence-electron chi connectivity index (χ0n) is 17.4. The third kappa shape index (κ3) is 3.94. The molecule has 0 atom stereocenters. The molecule has 156 valence electrons. The topological polar surface area (TPSA) is 72.4 Å². The van der Waals surface area contributed by atoms with Gasteiger partial charge in [-0.15, -0.1) is 0 Å². The number of hydrazone groups is 1. The van der Waals surface area contributed by atoms with Crippen LogP contribution in [0.1, 0.15) is 21.7 Å². The van der Waals surface area contributed by atoms with E-state index >= 15 is 0 Å². The van der Waals surface area contributed by atoms with Crippen LogP contribution in [0.25, 0.3) is 27.9 Å². The number of nitrogens with zero attached hydrogens (tertiary/aromatic N) is 3. The Hall–Kier alpha value is -4.45. The quantitative estimate of drug-likeness (QED) is 0.307. The highest BCUT2D eigenvalue weighted by molar-refractivity contribution is 5.99. The van der Waals surface area contributed by atoms with Gasteiger partial charge in [-0.2, -0.15) is 10.2 Å². The lowest BCUT2D eigenvalue weighted by Crippen LogP contribution is -2.17. The molecule has 2 heterocycles. The van der Waals surface area contributed by atoms with Crippen LogP contribution < -0.4 is 5.43 Å². The standard InChI is InChI=1S/C26H20N4O2/c1-18-11-14-24(32-18)25-22(17-30(29-25)23-9-3-2-4-10-23)16-27-28-26(31)21-13-12-19-7-5-6-8-20(19)15-21/h2-17H,1H3,(H,28,31)/b27-16-. The minimum Gasteiger partial charge on any atom is -0.460 e. The highest BCUT2D eigenvalue weighted by Gasteiger charge is 2.14. The van der Waals surface area contributed by atoms with Crippen molar-refractivity contribution in [2.75, 3.05) is 0 Å². The third-order valence-electron chi connectivity index (χ3n) is 5.12. The summed E-state index contributed by atoms with van der Waals surface area (Å²) >= 11 is 0. The number of furan rings is 1. The van der Waals surface area contributed by atoms with Gasteiger partial charge in [-0.25, -0.2) is 10.1 Å². The molecule has 5 rings (SSSR count). The highest BCUT2D eigenvalue weighted by Crippen LogP contribution is 2.24. The first-order valence-corrected chi connectivity index (χ1v) is 10.2. The lowest BCUT2D eigenvalue weighted by molar-refractivity contribution is 0.0955. The molecule has 0 bridgehead atoms. The van der Waals surface area contributed by atoms with Gasteiger partial charge in [-0.3, -0.25) is 4.79 Å². The molecule has 0 unspecified atom stereocenters. The van der Waals surface area contributed by atoms with Crippen molar-refractivity contribution in [3.63, 3.8) is 0 Å². The van der Waals surface area contributed by atoms with Crippen molar-refractivity contribution >= 4 is 22.9 Å². The van der Waals surface area contributed by atoms with Crippen molar-refractivity contribution in [2.45, 2.75) is 6.92 Å². The first-order chi connectivity index (χ1) is 15.7. The third-order valence-corrected chi connectivity index (χ3v) is 5.12. The molecule has 5 aromatic rings. The van der Waals surface area contributed by atoms with Crippen LogP contribution in [-0.4, -0.2) is 21.9 Å². The summed E-state index contributed by atoms with van der Waals surface area (Å²) in [4.78, 5) is 12.6. The minimum absolute atomic E-state index is 0.280. The molecule has 0 aliphatic rings. The minimum atomic E-state index is -0.280. The molecule has 2 aromatic heterocycles. The van der Waals surface area contributed by atoms with E-state index < -0.39 is 0 Å². The first kappa shape index (κ1) is 19.5. The fourth-order valence-electron chi connectivity index (χ4n) is 3.50. The largest absolute Gasteiger partial charge is 0.460 e. The number of aromatic nitrogens is 2. The lowest BCUT2D eigenvalue weighted by Gasteiger charge is -2.02. The molecule has 0 radical (unpaired) electrons. The average molecular weight is 420 g/mol. The van der Waals surface area contributed by atoms with Gasteiger partial charge in [-0.1, -0.05) is 48.5 Å². The summed E-state index contributed by atoms with van der Waals surface area (Å²) in [7, 11) is 0. The predicted molar refractivity (Wildman–Crippen MR) is 125 cm³/mol. The van der Waals surface area contributed by atoms with E-state index in [9.17, 15) is 4.79 Å². The average Bonchev–Trinajstić information content (AvgIpc) is 3.45. The Morgan fingerprint density at radius 2 is 1.75 bits per heavy atom. The summed E-state index contributed by atoms with van der Waals surface area (Å²) in [5.41, 5.74) is 5.43. The lowest BCUT2D eigenvalue weighted by atomic mass is 10.1. The van der Waals surface area contributed by atoms with Crippen molar-refractivity contribution in [3.05, 3.63) is 108 Å². The molecule has 0 fully saturated rings. The zero-order chi connectivity index (χ0) is 21.9. The number of amides is 1. The van der Waals surface area contributed by atoms with Gasteiger partial charge in [0, 0.05) is 17.3 Å². The van der Waals surface area contributed by atoms with E-state index in [4.69, 9.17) is 4.42 Å². The fourth-order valence-corrected chi connectivity index (χ4v) is 3.50. The van der Waals surface area contributed by atoms with E-state index in [2.05, 4.69) is 15.6 Å². The predicted octanol–water partition coefficient (Wildman–Crippen LogP) is 5.36. The molecule has 6 heteroatoms. The van der Waals surface area contributed by atoms with Crippen molar-refractivity contribution in [2.24, 2.45) is 5.10 Å². The van der Waals surface area contributed by atoms with E-state index in [0.29, 0.717) is 17.0 Å². The van der Waals surface area contributed by atoms with Crippen LogP contribution in [0.4, 0.5) is 0 Å². The van der Waals surface area contributed by atoms with Crippen LogP contribution >= 0.6 is 0 Å². The second kappa shape index (κ2) is 8.35. The summed E-state index contributed by atoms with van der Waals surface area (Å²) in [6, 6.07) is 27.0. The summed E-state index contributed by atoms with van der Waals surface area (Å²) < 4.78 is 7.54. The summed E-state index contributed by atoms with van der Waals surface area (Å²) in [5.74, 6) is 1.15. The van der Waals surface area contributed by atoms with Gasteiger partial charge >= 0.3 is 0 Å². The fraction of sp³-hybridized carbons (Fsp3) is 0.0385. The molecule has 0 spiro atoms. The molecule has 3 aromatic carbocycles. The number of benzene rings is 3. The zero-order valence-corrected chi connectivity index (χ0v) is 17.4. The summed E-state index contributed by atoms with van der Waals surface area (Å²) in [6.45, 7) is 1.88. The second-order valence-electron chi connectivity index (χ2n) is 7.38. The SMILES string of the molecule is Cc1ccc(-c2nn(-c3ccccc3)cc2/C=N\NC(=O)c2ccc3ccccc3c2)o1. The van der Waals surface area contributed by atoms with Gasteiger partial charge in [0.05, 0.1) is 11.9 Å². The number of rotatable bonds is 5. The normalized spacial score (nSPS) is 11.3. The summed E-state index contributed by atoms with van der Waals surface area (Å²) in [6.07, 6.45) is 3.44. The van der Waals surface area contributed by atoms with E-state index in [0.717, 1.165) is 27.8 Å². The van der Waals surface area contributed by atoms with Crippen LogP contribution in [0.3, 0.4) is 0 Å². The molecule has 1 amide bonds. The van der Waals surface area contributed by atoms with Crippen LogP contribution in [0.15, 0.2) is 101 Å². The Labute approximate surface area is 184 Å². The van der Waals surface area contributed by atoms with Gasteiger partial charge in [-0.05, 0) is 54.1 Å². The van der Waals surface area contributed by atoms with Gasteiger partial charge in [0.25, 0.3) is 5.91 Å². The van der Waals surface area contributed by atoms with E-state index in [1.807, 2.05) is 92.0 Å². The number of aryl methyl sites for hydroxylation is 1. The van der Waals surface area contributed by atoms with E-state index in [-0.39, 0.29) is 5.91 Å². The van der Waals surface area contributed by atoms with Gasteiger partial charge in [0.2, 0.25) is 0 Å². The number of hydrogen-bond donors (Lipinski definition) is 1. The smallest absolute Gasteiger partial charge is 0.271 e. The van der Waals surface area contributed by atoms with Gasteiger partial charge < -0.3 is 4.42 Å². The molecule has 32 heavy (non-hydrogen) atoms. The van der Waals surface area contributed by atoms with Crippen molar-refractivity contribution in [3.8, 4) is 17.1 Å². The van der Waals surface area contributed by atoms with Gasteiger partial charge in [0.15, 0.2) is 5.76 Å². The number of fused-ring (bicyclic) bond motifs is 1. The summed E-state index contributed by atoms with van der Waals surface area (Å²) in [5, 5.41) is 10.9. The molecular weight excluding hydrogens is 400 g/mol. The van der Waals surface area contributed by atoms with Crippen LogP contribution in [0, 0.1) is 6.92 Å². The monoisotopic (exact) mass is 420 g/mol. The Bertz CT molecular complexity index is 1430. The Balaban J connectivity index is 1.42. The number of nitrogens with one attached hydrogen (secondary N) is 1. The maximum absolute atomic E-state index is 12.6. The van der Waals surface area contributed by atoms with Crippen molar-refractivity contribution in [1.82, 2.24) is 15.2 Å². The highest BCUT2D eigenvalue weighted by atomic mass is 16.3. The van der Waals surface area contributed by atoms with Crippen LogP contribution in [0.5, 0.6) is 0 Å². The Kier molecular flexibility index (Phi) is 5.09.